The first kappa shape index (κ1) is 17.2. The molecular weight excluding hydrogens is 364 g/mol. The molecule has 0 aliphatic heterocycles. The summed E-state index contributed by atoms with van der Waals surface area (Å²) < 4.78 is 3.45. The highest BCUT2D eigenvalue weighted by molar-refractivity contribution is 7.22. The number of anilines is 1. The molecule has 0 unspecified atom stereocenters. The lowest BCUT2D eigenvalue weighted by Gasteiger charge is -2.10. The molecule has 2 aromatic heterocycles. The van der Waals surface area contributed by atoms with E-state index < -0.39 is 11.2 Å². The lowest BCUT2D eigenvalue weighted by Crippen LogP contribution is -2.37. The second-order valence-corrected chi connectivity index (χ2v) is 7.26. The first-order valence-corrected chi connectivity index (χ1v) is 9.10. The minimum atomic E-state index is -0.406. The molecule has 136 valence electrons. The molecule has 2 heterocycles. The Labute approximate surface area is 157 Å². The van der Waals surface area contributed by atoms with Gasteiger partial charge in [0.2, 0.25) is 5.91 Å². The Morgan fingerprint density at radius 2 is 1.85 bits per heavy atom. The van der Waals surface area contributed by atoms with Gasteiger partial charge in [-0.25, -0.2) is 9.78 Å². The fourth-order valence-corrected chi connectivity index (χ4v) is 3.99. The molecule has 0 spiro atoms. The number of benzene rings is 2. The van der Waals surface area contributed by atoms with Crippen LogP contribution in [-0.2, 0) is 25.3 Å². The zero-order valence-electron chi connectivity index (χ0n) is 14.7. The van der Waals surface area contributed by atoms with Crippen LogP contribution in [0.25, 0.3) is 21.1 Å². The molecule has 0 saturated carbocycles. The number of thiazole rings is 1. The Hall–Kier alpha value is -3.26. The minimum absolute atomic E-state index is 0.0146. The fourth-order valence-electron chi connectivity index (χ4n) is 3.11. The molecule has 0 aliphatic carbocycles. The van der Waals surface area contributed by atoms with Crippen LogP contribution in [0.4, 0.5) is 5.13 Å². The van der Waals surface area contributed by atoms with E-state index in [4.69, 9.17) is 0 Å². The van der Waals surface area contributed by atoms with Gasteiger partial charge in [0.1, 0.15) is 0 Å². The van der Waals surface area contributed by atoms with Crippen LogP contribution in [0, 0.1) is 0 Å². The Bertz CT molecular complexity index is 1280. The van der Waals surface area contributed by atoms with Crippen molar-refractivity contribution >= 4 is 43.5 Å². The normalized spacial score (nSPS) is 11.2. The summed E-state index contributed by atoms with van der Waals surface area (Å²) >= 11 is 1.40. The first-order chi connectivity index (χ1) is 13.0. The molecule has 8 heteroatoms. The summed E-state index contributed by atoms with van der Waals surface area (Å²) in [6.45, 7) is 0. The van der Waals surface area contributed by atoms with Gasteiger partial charge in [0, 0.05) is 14.1 Å². The number of hydrogen-bond acceptors (Lipinski definition) is 5. The SMILES string of the molecule is Cn1c(=O)c2c(CC(=O)Nc3nc4ccccc4s3)cccc2n(C)c1=O. The Morgan fingerprint density at radius 3 is 2.63 bits per heavy atom. The largest absolute Gasteiger partial charge is 0.330 e. The van der Waals surface area contributed by atoms with E-state index in [0.29, 0.717) is 21.6 Å². The number of amides is 1. The zero-order chi connectivity index (χ0) is 19.1. The third kappa shape index (κ3) is 2.93. The van der Waals surface area contributed by atoms with Gasteiger partial charge in [-0.2, -0.15) is 0 Å². The van der Waals surface area contributed by atoms with Gasteiger partial charge >= 0.3 is 5.69 Å². The summed E-state index contributed by atoms with van der Waals surface area (Å²) in [6, 6.07) is 12.8. The van der Waals surface area contributed by atoms with Crippen LogP contribution in [0.2, 0.25) is 0 Å². The topological polar surface area (TPSA) is 86.0 Å². The summed E-state index contributed by atoms with van der Waals surface area (Å²) in [6.07, 6.45) is 0.0146. The lowest BCUT2D eigenvalue weighted by molar-refractivity contribution is -0.115. The molecule has 0 radical (unpaired) electrons. The van der Waals surface area contributed by atoms with Crippen molar-refractivity contribution in [1.82, 2.24) is 14.1 Å². The van der Waals surface area contributed by atoms with Crippen molar-refractivity contribution in [3.63, 3.8) is 0 Å². The second-order valence-electron chi connectivity index (χ2n) is 6.23. The number of nitrogens with one attached hydrogen (secondary N) is 1. The minimum Gasteiger partial charge on any atom is -0.302 e. The van der Waals surface area contributed by atoms with Crippen LogP contribution in [0.1, 0.15) is 5.56 Å². The highest BCUT2D eigenvalue weighted by atomic mass is 32.1. The summed E-state index contributed by atoms with van der Waals surface area (Å²) in [7, 11) is 3.04. The van der Waals surface area contributed by atoms with E-state index in [9.17, 15) is 14.4 Å². The second kappa shape index (κ2) is 6.48. The molecule has 1 N–H and O–H groups in total. The number of carbonyl (C=O) groups is 1. The van der Waals surface area contributed by atoms with E-state index in [1.807, 2.05) is 24.3 Å². The predicted molar refractivity (Wildman–Crippen MR) is 106 cm³/mol. The van der Waals surface area contributed by atoms with Crippen LogP contribution in [0.15, 0.2) is 52.1 Å². The number of hydrogen-bond donors (Lipinski definition) is 1. The van der Waals surface area contributed by atoms with E-state index in [1.165, 1.54) is 23.0 Å². The van der Waals surface area contributed by atoms with Crippen molar-refractivity contribution in [2.45, 2.75) is 6.42 Å². The van der Waals surface area contributed by atoms with Crippen molar-refractivity contribution in [3.05, 3.63) is 68.9 Å². The summed E-state index contributed by atoms with van der Waals surface area (Å²) in [5.74, 6) is -0.266. The molecule has 2 aromatic carbocycles. The molecule has 0 saturated heterocycles. The number of aromatic nitrogens is 3. The van der Waals surface area contributed by atoms with E-state index in [1.54, 1.807) is 25.2 Å². The molecule has 1 amide bonds. The Morgan fingerprint density at radius 1 is 1.07 bits per heavy atom. The molecule has 4 rings (SSSR count). The average molecular weight is 380 g/mol. The molecule has 0 atom stereocenters. The molecule has 0 aliphatic rings. The Balaban J connectivity index is 1.70. The van der Waals surface area contributed by atoms with Crippen LogP contribution >= 0.6 is 11.3 Å². The van der Waals surface area contributed by atoms with Gasteiger partial charge in [-0.1, -0.05) is 35.6 Å². The maximum Gasteiger partial charge on any atom is 0.330 e. The highest BCUT2D eigenvalue weighted by Gasteiger charge is 2.15. The van der Waals surface area contributed by atoms with Crippen LogP contribution in [0.5, 0.6) is 0 Å². The van der Waals surface area contributed by atoms with Gasteiger partial charge in [-0.3, -0.25) is 18.7 Å². The first-order valence-electron chi connectivity index (χ1n) is 8.29. The third-order valence-electron chi connectivity index (χ3n) is 4.47. The van der Waals surface area contributed by atoms with Crippen molar-refractivity contribution < 1.29 is 4.79 Å². The number of nitrogens with zero attached hydrogens (tertiary/aromatic N) is 3. The third-order valence-corrected chi connectivity index (χ3v) is 5.43. The van der Waals surface area contributed by atoms with Gasteiger partial charge in [0.05, 0.1) is 27.5 Å². The molecule has 0 fully saturated rings. The van der Waals surface area contributed by atoms with Crippen molar-refractivity contribution in [1.29, 1.82) is 0 Å². The number of fused-ring (bicyclic) bond motifs is 2. The maximum atomic E-state index is 12.6. The quantitative estimate of drug-likeness (QED) is 0.589. The summed E-state index contributed by atoms with van der Waals surface area (Å²) in [4.78, 5) is 41.6. The smallest absolute Gasteiger partial charge is 0.302 e. The zero-order valence-corrected chi connectivity index (χ0v) is 15.5. The standard InChI is InChI=1S/C19H16N4O3S/c1-22-13-8-5-6-11(16(13)17(25)23(2)19(22)26)10-15(24)21-18-20-12-7-3-4-9-14(12)27-18/h3-9H,10H2,1-2H3,(H,20,21,24). The number of carbonyl (C=O) groups excluding carboxylic acids is 1. The fraction of sp³-hybridized carbons (Fsp3) is 0.158. The highest BCUT2D eigenvalue weighted by Crippen LogP contribution is 2.25. The van der Waals surface area contributed by atoms with Gasteiger partial charge in [0.15, 0.2) is 5.13 Å². The van der Waals surface area contributed by atoms with Gasteiger partial charge < -0.3 is 5.32 Å². The maximum absolute atomic E-state index is 12.6. The van der Waals surface area contributed by atoms with Crippen molar-refractivity contribution in [3.8, 4) is 0 Å². The van der Waals surface area contributed by atoms with Crippen molar-refractivity contribution in [2.75, 3.05) is 5.32 Å². The number of aryl methyl sites for hydroxylation is 1. The van der Waals surface area contributed by atoms with Crippen LogP contribution in [0.3, 0.4) is 0 Å². The molecule has 4 aromatic rings. The van der Waals surface area contributed by atoms with Crippen molar-refractivity contribution in [2.24, 2.45) is 14.1 Å². The monoisotopic (exact) mass is 380 g/mol. The number of rotatable bonds is 3. The summed E-state index contributed by atoms with van der Waals surface area (Å²) in [5.41, 5.74) is 1.10. The van der Waals surface area contributed by atoms with E-state index >= 15 is 0 Å². The van der Waals surface area contributed by atoms with E-state index in [0.717, 1.165) is 14.8 Å². The summed E-state index contributed by atoms with van der Waals surface area (Å²) in [5, 5.41) is 3.69. The van der Waals surface area contributed by atoms with E-state index in [-0.39, 0.29) is 12.3 Å². The van der Waals surface area contributed by atoms with Gasteiger partial charge in [0.25, 0.3) is 5.56 Å². The lowest BCUT2D eigenvalue weighted by atomic mass is 10.1. The van der Waals surface area contributed by atoms with Crippen LogP contribution in [-0.4, -0.2) is 20.0 Å². The Kier molecular flexibility index (Phi) is 4.12. The van der Waals surface area contributed by atoms with Gasteiger partial charge in [-0.15, -0.1) is 0 Å². The predicted octanol–water partition coefficient (Wildman–Crippen LogP) is 2.03. The molecular formula is C19H16N4O3S. The molecule has 27 heavy (non-hydrogen) atoms. The molecule has 7 nitrogen and oxygen atoms in total. The van der Waals surface area contributed by atoms with Crippen LogP contribution < -0.4 is 16.6 Å². The molecule has 0 bridgehead atoms. The van der Waals surface area contributed by atoms with E-state index in [2.05, 4.69) is 10.3 Å². The number of para-hydroxylation sites is 1. The van der Waals surface area contributed by atoms with Gasteiger partial charge in [-0.05, 0) is 23.8 Å². The average Bonchev–Trinajstić information content (AvgIpc) is 3.06.